The van der Waals surface area contributed by atoms with E-state index in [0.717, 1.165) is 10.0 Å². The largest absolute Gasteiger partial charge is 0.422 e. The lowest BCUT2D eigenvalue weighted by Gasteiger charge is -2.19. The van der Waals surface area contributed by atoms with Crippen molar-refractivity contribution in [3.63, 3.8) is 0 Å². The van der Waals surface area contributed by atoms with Gasteiger partial charge in [-0.15, -0.1) is 0 Å². The predicted octanol–water partition coefficient (Wildman–Crippen LogP) is 8.11. The van der Waals surface area contributed by atoms with Crippen LogP contribution in [0.2, 0.25) is 0 Å². The standard InChI is InChI=1S/C29H26Br2N2O2/c1-29(2,3)21-14-12-20(13-15-21)19-33-17-16-32-27(33)18-26(22-8-4-6-10-24(22)30)35-28(34)23-9-5-7-11-25(23)31/h4-18H,19H2,1-3H3/b26-18-. The van der Waals surface area contributed by atoms with Crippen LogP contribution in [0, 0.1) is 0 Å². The quantitative estimate of drug-likeness (QED) is 0.167. The number of carbonyl (C=O) groups excluding carboxylic acids is 1. The summed E-state index contributed by atoms with van der Waals surface area (Å²) in [5.41, 5.74) is 3.78. The van der Waals surface area contributed by atoms with E-state index in [1.807, 2.05) is 47.2 Å². The fourth-order valence-corrected chi connectivity index (χ4v) is 4.55. The van der Waals surface area contributed by atoms with Gasteiger partial charge in [-0.05, 0) is 50.7 Å². The monoisotopic (exact) mass is 592 g/mol. The molecule has 1 aromatic heterocycles. The Morgan fingerprint density at radius 3 is 2.11 bits per heavy atom. The highest BCUT2D eigenvalue weighted by Crippen LogP contribution is 2.29. The fraction of sp³-hybridized carbons (Fsp3) is 0.172. The SMILES string of the molecule is CC(C)(C)c1ccc(Cn2ccnc2/C=C(\OC(=O)c2ccccc2Br)c2ccccc2Br)cc1. The van der Waals surface area contributed by atoms with Crippen molar-refractivity contribution in [2.24, 2.45) is 0 Å². The maximum atomic E-state index is 13.0. The smallest absolute Gasteiger partial charge is 0.344 e. The molecule has 35 heavy (non-hydrogen) atoms. The summed E-state index contributed by atoms with van der Waals surface area (Å²) < 4.78 is 9.46. The van der Waals surface area contributed by atoms with Crippen LogP contribution in [0.15, 0.2) is 94.1 Å². The third-order valence-corrected chi connectivity index (χ3v) is 7.00. The minimum Gasteiger partial charge on any atom is -0.422 e. The molecule has 0 radical (unpaired) electrons. The number of hydrogen-bond acceptors (Lipinski definition) is 3. The highest BCUT2D eigenvalue weighted by Gasteiger charge is 2.18. The molecule has 6 heteroatoms. The van der Waals surface area contributed by atoms with Crippen LogP contribution in [0.25, 0.3) is 11.8 Å². The summed E-state index contributed by atoms with van der Waals surface area (Å²) in [6.45, 7) is 7.27. The van der Waals surface area contributed by atoms with Gasteiger partial charge >= 0.3 is 5.97 Å². The lowest BCUT2D eigenvalue weighted by Crippen LogP contribution is -2.11. The summed E-state index contributed by atoms with van der Waals surface area (Å²) in [4.78, 5) is 17.6. The highest BCUT2D eigenvalue weighted by molar-refractivity contribution is 9.10. The second kappa shape index (κ2) is 10.8. The number of hydrogen-bond donors (Lipinski definition) is 0. The van der Waals surface area contributed by atoms with Gasteiger partial charge in [-0.1, -0.05) is 91.3 Å². The highest BCUT2D eigenvalue weighted by atomic mass is 79.9. The van der Waals surface area contributed by atoms with Gasteiger partial charge in [0, 0.05) is 39.5 Å². The molecule has 0 amide bonds. The van der Waals surface area contributed by atoms with Crippen LogP contribution in [0.3, 0.4) is 0 Å². The van der Waals surface area contributed by atoms with Crippen LogP contribution in [0.1, 0.15) is 53.6 Å². The van der Waals surface area contributed by atoms with Crippen LogP contribution in [-0.4, -0.2) is 15.5 Å². The summed E-state index contributed by atoms with van der Waals surface area (Å²) in [5, 5.41) is 0. The topological polar surface area (TPSA) is 44.1 Å². The first-order valence-electron chi connectivity index (χ1n) is 11.3. The van der Waals surface area contributed by atoms with Crippen LogP contribution >= 0.6 is 31.9 Å². The molecular formula is C29H26Br2N2O2. The number of carbonyl (C=O) groups is 1. The number of nitrogens with zero attached hydrogens (tertiary/aromatic N) is 2. The lowest BCUT2D eigenvalue weighted by atomic mass is 9.87. The summed E-state index contributed by atoms with van der Waals surface area (Å²) >= 11 is 7.03. The average molecular weight is 594 g/mol. The number of halogens is 2. The predicted molar refractivity (Wildman–Crippen MR) is 148 cm³/mol. The Morgan fingerprint density at radius 1 is 0.914 bits per heavy atom. The van der Waals surface area contributed by atoms with Crippen LogP contribution in [0.4, 0.5) is 0 Å². The van der Waals surface area contributed by atoms with Crippen LogP contribution in [0.5, 0.6) is 0 Å². The third kappa shape index (κ3) is 6.19. The van der Waals surface area contributed by atoms with Gasteiger partial charge in [0.2, 0.25) is 0 Å². The Kier molecular flexibility index (Phi) is 7.72. The molecule has 0 fully saturated rings. The molecule has 178 valence electrons. The molecule has 0 atom stereocenters. The second-order valence-electron chi connectivity index (χ2n) is 9.22. The van der Waals surface area contributed by atoms with Gasteiger partial charge in [-0.2, -0.15) is 0 Å². The molecule has 0 saturated heterocycles. The average Bonchev–Trinajstić information content (AvgIpc) is 3.25. The van der Waals surface area contributed by atoms with E-state index in [0.29, 0.717) is 28.2 Å². The van der Waals surface area contributed by atoms with Crippen molar-refractivity contribution < 1.29 is 9.53 Å². The van der Waals surface area contributed by atoms with Gasteiger partial charge < -0.3 is 9.30 Å². The van der Waals surface area contributed by atoms with E-state index in [4.69, 9.17) is 4.74 Å². The molecule has 0 aliphatic carbocycles. The van der Waals surface area contributed by atoms with Gasteiger partial charge in [0.1, 0.15) is 11.6 Å². The van der Waals surface area contributed by atoms with Crippen LogP contribution in [-0.2, 0) is 16.7 Å². The molecule has 0 spiro atoms. The van der Waals surface area contributed by atoms with Gasteiger partial charge in [-0.3, -0.25) is 0 Å². The minimum absolute atomic E-state index is 0.108. The Labute approximate surface area is 222 Å². The van der Waals surface area contributed by atoms with E-state index >= 15 is 0 Å². The normalized spacial score (nSPS) is 12.0. The number of benzene rings is 3. The maximum absolute atomic E-state index is 13.0. The molecule has 4 rings (SSSR count). The van der Waals surface area contributed by atoms with E-state index in [-0.39, 0.29) is 5.41 Å². The summed E-state index contributed by atoms with van der Waals surface area (Å²) in [7, 11) is 0. The first-order valence-corrected chi connectivity index (χ1v) is 12.8. The van der Waals surface area contributed by atoms with Crippen molar-refractivity contribution in [2.75, 3.05) is 0 Å². The van der Waals surface area contributed by atoms with Crippen molar-refractivity contribution in [1.29, 1.82) is 0 Å². The second-order valence-corrected chi connectivity index (χ2v) is 10.9. The van der Waals surface area contributed by atoms with Gasteiger partial charge in [0.15, 0.2) is 0 Å². The molecule has 0 aliphatic rings. The summed E-state index contributed by atoms with van der Waals surface area (Å²) in [6, 6.07) is 23.5. The molecule has 0 N–H and O–H groups in total. The molecule has 4 aromatic rings. The first-order chi connectivity index (χ1) is 16.7. The summed E-state index contributed by atoms with van der Waals surface area (Å²) in [5.74, 6) is 0.652. The molecule has 4 nitrogen and oxygen atoms in total. The van der Waals surface area contributed by atoms with E-state index in [1.165, 1.54) is 11.1 Å². The fourth-order valence-electron chi connectivity index (χ4n) is 3.62. The molecule has 0 aliphatic heterocycles. The van der Waals surface area contributed by atoms with Crippen LogP contribution < -0.4 is 0 Å². The van der Waals surface area contributed by atoms with Gasteiger partial charge in [-0.25, -0.2) is 9.78 Å². The van der Waals surface area contributed by atoms with Crippen molar-refractivity contribution in [3.05, 3.63) is 122 Å². The molecule has 0 bridgehead atoms. The Balaban J connectivity index is 1.67. The number of rotatable bonds is 6. The molecule has 1 heterocycles. The zero-order valence-electron chi connectivity index (χ0n) is 19.8. The summed E-state index contributed by atoms with van der Waals surface area (Å²) in [6.07, 6.45) is 5.48. The molecule has 0 unspecified atom stereocenters. The Morgan fingerprint density at radius 2 is 1.51 bits per heavy atom. The van der Waals surface area contributed by atoms with Gasteiger partial charge in [0.25, 0.3) is 0 Å². The minimum atomic E-state index is -0.449. The Bertz CT molecular complexity index is 1370. The lowest BCUT2D eigenvalue weighted by molar-refractivity contribution is 0.0692. The van der Waals surface area contributed by atoms with E-state index < -0.39 is 5.97 Å². The molecule has 3 aromatic carbocycles. The van der Waals surface area contributed by atoms with Crippen molar-refractivity contribution >= 4 is 49.7 Å². The number of esters is 1. The number of ether oxygens (including phenoxy) is 1. The van der Waals surface area contributed by atoms with Crippen molar-refractivity contribution in [1.82, 2.24) is 9.55 Å². The zero-order chi connectivity index (χ0) is 25.0. The van der Waals surface area contributed by atoms with E-state index in [1.54, 1.807) is 24.4 Å². The zero-order valence-corrected chi connectivity index (χ0v) is 23.0. The maximum Gasteiger partial charge on any atom is 0.344 e. The van der Waals surface area contributed by atoms with Gasteiger partial charge in [0.05, 0.1) is 5.56 Å². The number of aromatic nitrogens is 2. The Hall–Kier alpha value is -2.96. The molecular weight excluding hydrogens is 568 g/mol. The van der Waals surface area contributed by atoms with E-state index in [2.05, 4.69) is 81.9 Å². The third-order valence-electron chi connectivity index (χ3n) is 5.62. The van der Waals surface area contributed by atoms with Crippen molar-refractivity contribution in [3.8, 4) is 0 Å². The van der Waals surface area contributed by atoms with Crippen molar-refractivity contribution in [2.45, 2.75) is 32.7 Å². The van der Waals surface area contributed by atoms with E-state index in [9.17, 15) is 4.79 Å². The number of imidazole rings is 1. The first kappa shape index (κ1) is 25.1. The molecule has 0 saturated carbocycles.